The number of likely N-dealkylation sites (tertiary alicyclic amines) is 1. The molecule has 1 heterocycles. The maximum atomic E-state index is 12.4. The molecular formula is C15H23BrN2O2S. The van der Waals surface area contributed by atoms with Crippen LogP contribution in [0.1, 0.15) is 19.3 Å². The molecule has 1 atom stereocenters. The van der Waals surface area contributed by atoms with E-state index >= 15 is 0 Å². The fourth-order valence-electron chi connectivity index (χ4n) is 2.82. The van der Waals surface area contributed by atoms with Crippen molar-refractivity contribution < 1.29 is 8.42 Å². The first-order chi connectivity index (χ1) is 10.0. The van der Waals surface area contributed by atoms with Crippen LogP contribution in [0.4, 0.5) is 0 Å². The fourth-order valence-corrected chi connectivity index (χ4v) is 4.34. The predicted molar refractivity (Wildman–Crippen MR) is 89.3 cm³/mol. The summed E-state index contributed by atoms with van der Waals surface area (Å²) >= 11 is 3.33. The highest BCUT2D eigenvalue weighted by Crippen LogP contribution is 2.19. The lowest BCUT2D eigenvalue weighted by atomic mass is 10.0. The highest BCUT2D eigenvalue weighted by molar-refractivity contribution is 9.10. The van der Waals surface area contributed by atoms with Gasteiger partial charge in [-0.3, -0.25) is 4.90 Å². The number of sulfone groups is 1. The normalized spacial score (nSPS) is 20.6. The molecular weight excluding hydrogens is 352 g/mol. The van der Waals surface area contributed by atoms with Crippen molar-refractivity contribution in [3.8, 4) is 0 Å². The van der Waals surface area contributed by atoms with Crippen LogP contribution in [0, 0.1) is 0 Å². The van der Waals surface area contributed by atoms with Gasteiger partial charge >= 0.3 is 0 Å². The molecule has 1 saturated heterocycles. The lowest BCUT2D eigenvalue weighted by molar-refractivity contribution is 0.156. The Hall–Kier alpha value is -0.430. The second kappa shape index (κ2) is 7.72. The van der Waals surface area contributed by atoms with E-state index in [0.29, 0.717) is 17.5 Å². The summed E-state index contributed by atoms with van der Waals surface area (Å²) < 4.78 is 25.7. The molecule has 2 rings (SSSR count). The molecule has 0 aliphatic carbocycles. The van der Waals surface area contributed by atoms with E-state index in [1.54, 1.807) is 24.3 Å². The van der Waals surface area contributed by atoms with Crippen molar-refractivity contribution in [2.24, 2.45) is 0 Å². The molecule has 1 aliphatic rings. The number of hydrogen-bond acceptors (Lipinski definition) is 4. The van der Waals surface area contributed by atoms with Crippen LogP contribution in [0.5, 0.6) is 0 Å². The molecule has 0 aromatic heterocycles. The third-order valence-electron chi connectivity index (χ3n) is 4.01. The van der Waals surface area contributed by atoms with Crippen molar-refractivity contribution in [1.29, 1.82) is 0 Å². The average Bonchev–Trinajstić information content (AvgIpc) is 2.47. The van der Waals surface area contributed by atoms with Crippen LogP contribution in [-0.4, -0.2) is 51.8 Å². The number of likely N-dealkylation sites (N-methyl/N-ethyl adjacent to an activating group) is 1. The number of nitrogens with zero attached hydrogens (tertiary/aromatic N) is 1. The Labute approximate surface area is 136 Å². The largest absolute Gasteiger partial charge is 0.318 e. The zero-order valence-corrected chi connectivity index (χ0v) is 14.8. The van der Waals surface area contributed by atoms with Gasteiger partial charge in [-0.1, -0.05) is 22.4 Å². The summed E-state index contributed by atoms with van der Waals surface area (Å²) in [6, 6.07) is 7.35. The molecule has 1 fully saturated rings. The van der Waals surface area contributed by atoms with Gasteiger partial charge in [0.2, 0.25) is 0 Å². The Morgan fingerprint density at radius 3 is 2.67 bits per heavy atom. The van der Waals surface area contributed by atoms with Crippen molar-refractivity contribution in [1.82, 2.24) is 10.2 Å². The van der Waals surface area contributed by atoms with E-state index in [1.807, 2.05) is 7.05 Å². The lowest BCUT2D eigenvalue weighted by Gasteiger charge is -2.35. The molecule has 118 valence electrons. The van der Waals surface area contributed by atoms with Gasteiger partial charge in [0.25, 0.3) is 0 Å². The minimum absolute atomic E-state index is 0.189. The zero-order chi connectivity index (χ0) is 15.3. The van der Waals surface area contributed by atoms with Crippen molar-refractivity contribution in [2.75, 3.05) is 32.4 Å². The molecule has 0 radical (unpaired) electrons. The van der Waals surface area contributed by atoms with Crippen molar-refractivity contribution in [2.45, 2.75) is 30.2 Å². The lowest BCUT2D eigenvalue weighted by Crippen LogP contribution is -2.46. The summed E-state index contributed by atoms with van der Waals surface area (Å²) in [7, 11) is -1.25. The van der Waals surface area contributed by atoms with Crippen LogP contribution in [0.3, 0.4) is 0 Å². The Kier molecular flexibility index (Phi) is 6.22. The maximum Gasteiger partial charge on any atom is 0.179 e. The van der Waals surface area contributed by atoms with E-state index in [0.717, 1.165) is 24.0 Å². The molecule has 6 heteroatoms. The number of piperidine rings is 1. The third-order valence-corrected chi connectivity index (χ3v) is 6.25. The van der Waals surface area contributed by atoms with Crippen molar-refractivity contribution >= 4 is 25.8 Å². The first-order valence-electron chi connectivity index (χ1n) is 7.40. The predicted octanol–water partition coefficient (Wildman–Crippen LogP) is 2.30. The number of benzene rings is 1. The average molecular weight is 375 g/mol. The van der Waals surface area contributed by atoms with Gasteiger partial charge in [0.1, 0.15) is 0 Å². The molecule has 0 amide bonds. The van der Waals surface area contributed by atoms with Crippen LogP contribution in [-0.2, 0) is 9.84 Å². The molecule has 21 heavy (non-hydrogen) atoms. The monoisotopic (exact) mass is 374 g/mol. The summed E-state index contributed by atoms with van der Waals surface area (Å²) in [6.45, 7) is 2.55. The number of rotatable bonds is 6. The van der Waals surface area contributed by atoms with Gasteiger partial charge in [-0.2, -0.15) is 0 Å². The highest BCUT2D eigenvalue weighted by Gasteiger charge is 2.24. The van der Waals surface area contributed by atoms with E-state index in [4.69, 9.17) is 0 Å². The highest BCUT2D eigenvalue weighted by atomic mass is 79.9. The molecule has 4 nitrogen and oxygen atoms in total. The van der Waals surface area contributed by atoms with Gasteiger partial charge in [0.15, 0.2) is 9.84 Å². The molecule has 1 aromatic rings. The minimum atomic E-state index is -3.20. The number of halogens is 1. The molecule has 1 aliphatic heterocycles. The summed E-state index contributed by atoms with van der Waals surface area (Å²) in [5.41, 5.74) is 0. The van der Waals surface area contributed by atoms with E-state index in [1.165, 1.54) is 12.8 Å². The molecule has 1 unspecified atom stereocenters. The van der Waals surface area contributed by atoms with Gasteiger partial charge in [0, 0.05) is 23.6 Å². The molecule has 1 aromatic carbocycles. The van der Waals surface area contributed by atoms with E-state index in [-0.39, 0.29) is 5.75 Å². The topological polar surface area (TPSA) is 49.4 Å². The molecule has 0 saturated carbocycles. The summed E-state index contributed by atoms with van der Waals surface area (Å²) in [4.78, 5) is 2.73. The summed E-state index contributed by atoms with van der Waals surface area (Å²) in [5, 5.41) is 3.21. The Bertz CT molecular complexity index is 543. The Morgan fingerprint density at radius 2 is 2.00 bits per heavy atom. The van der Waals surface area contributed by atoms with Gasteiger partial charge in [0.05, 0.1) is 10.6 Å². The van der Waals surface area contributed by atoms with Crippen LogP contribution < -0.4 is 5.32 Å². The SMILES string of the molecule is CNCC1CCCCN1CCS(=O)(=O)c1ccc(Br)cc1. The Morgan fingerprint density at radius 1 is 1.29 bits per heavy atom. The van der Waals surface area contributed by atoms with Gasteiger partial charge in [-0.05, 0) is 50.7 Å². The van der Waals surface area contributed by atoms with E-state index in [9.17, 15) is 8.42 Å². The number of nitrogens with one attached hydrogen (secondary N) is 1. The quantitative estimate of drug-likeness (QED) is 0.829. The first kappa shape index (κ1) is 16.9. The van der Waals surface area contributed by atoms with Crippen molar-refractivity contribution in [3.63, 3.8) is 0 Å². The van der Waals surface area contributed by atoms with Crippen LogP contribution in [0.25, 0.3) is 0 Å². The smallest absolute Gasteiger partial charge is 0.179 e. The third kappa shape index (κ3) is 4.77. The van der Waals surface area contributed by atoms with E-state index in [2.05, 4.69) is 26.1 Å². The maximum absolute atomic E-state index is 12.4. The van der Waals surface area contributed by atoms with Gasteiger partial charge in [-0.15, -0.1) is 0 Å². The van der Waals surface area contributed by atoms with Gasteiger partial charge < -0.3 is 5.32 Å². The van der Waals surface area contributed by atoms with Crippen LogP contribution >= 0.6 is 15.9 Å². The van der Waals surface area contributed by atoms with Crippen LogP contribution in [0.2, 0.25) is 0 Å². The summed E-state index contributed by atoms with van der Waals surface area (Å²) in [5.74, 6) is 0.189. The summed E-state index contributed by atoms with van der Waals surface area (Å²) in [6.07, 6.45) is 3.56. The van der Waals surface area contributed by atoms with Crippen LogP contribution in [0.15, 0.2) is 33.6 Å². The first-order valence-corrected chi connectivity index (χ1v) is 9.84. The van der Waals surface area contributed by atoms with E-state index < -0.39 is 9.84 Å². The molecule has 0 bridgehead atoms. The molecule has 1 N–H and O–H groups in total. The minimum Gasteiger partial charge on any atom is -0.318 e. The zero-order valence-electron chi connectivity index (χ0n) is 12.4. The van der Waals surface area contributed by atoms with Gasteiger partial charge in [-0.25, -0.2) is 8.42 Å². The number of hydrogen-bond donors (Lipinski definition) is 1. The van der Waals surface area contributed by atoms with Crippen molar-refractivity contribution in [3.05, 3.63) is 28.7 Å². The molecule has 0 spiro atoms. The second-order valence-electron chi connectivity index (χ2n) is 5.52. The fraction of sp³-hybridized carbons (Fsp3) is 0.600. The standard InChI is InChI=1S/C15H23BrN2O2S/c1-17-12-14-4-2-3-9-18(14)10-11-21(19,20)15-7-5-13(16)6-8-15/h5-8,14,17H,2-4,9-12H2,1H3. The Balaban J connectivity index is 1.98. The second-order valence-corrected chi connectivity index (χ2v) is 8.54.